The Morgan fingerprint density at radius 2 is 2.12 bits per heavy atom. The zero-order valence-electron chi connectivity index (χ0n) is 9.19. The van der Waals surface area contributed by atoms with Crippen molar-refractivity contribution in [2.24, 2.45) is 10.9 Å². The van der Waals surface area contributed by atoms with Crippen molar-refractivity contribution in [3.63, 3.8) is 0 Å². The molecule has 1 aliphatic rings. The van der Waals surface area contributed by atoms with E-state index < -0.39 is 0 Å². The minimum atomic E-state index is -0.255. The summed E-state index contributed by atoms with van der Waals surface area (Å²) in [6.45, 7) is 0. The summed E-state index contributed by atoms with van der Waals surface area (Å²) in [6, 6.07) is 9.27. The highest BCUT2D eigenvalue weighted by atomic mass is 79.9. The molecule has 0 aliphatic heterocycles. The van der Waals surface area contributed by atoms with Gasteiger partial charge in [-0.25, -0.2) is 4.99 Å². The predicted molar refractivity (Wildman–Crippen MR) is 68.9 cm³/mol. The normalized spacial score (nSPS) is 21.4. The average molecular weight is 291 g/mol. The molecule has 17 heavy (non-hydrogen) atoms. The Kier molecular flexibility index (Phi) is 3.70. The van der Waals surface area contributed by atoms with Crippen molar-refractivity contribution >= 4 is 27.5 Å². The summed E-state index contributed by atoms with van der Waals surface area (Å²) in [5.41, 5.74) is 1.30. The van der Waals surface area contributed by atoms with Crippen LogP contribution in [-0.2, 0) is 0 Å². The van der Waals surface area contributed by atoms with Crippen molar-refractivity contribution < 1.29 is 4.79 Å². The van der Waals surface area contributed by atoms with E-state index in [1.54, 1.807) is 12.1 Å². The molecule has 0 heterocycles. The molecular formula is C13H11BrN2O. The van der Waals surface area contributed by atoms with Gasteiger partial charge in [0.15, 0.2) is 0 Å². The van der Waals surface area contributed by atoms with Crippen molar-refractivity contribution in [3.8, 4) is 6.07 Å². The summed E-state index contributed by atoms with van der Waals surface area (Å²) in [5, 5.41) is 8.91. The number of carbonyl (C=O) groups excluding carboxylic acids is 1. The smallest absolute Gasteiger partial charge is 0.267 e. The van der Waals surface area contributed by atoms with Gasteiger partial charge in [-0.15, -0.1) is 0 Å². The number of hydrogen-bond acceptors (Lipinski definition) is 2. The Balaban J connectivity index is 2.19. The highest BCUT2D eigenvalue weighted by Crippen LogP contribution is 2.22. The van der Waals surface area contributed by atoms with Crippen molar-refractivity contribution in [2.75, 3.05) is 0 Å². The van der Waals surface area contributed by atoms with Crippen LogP contribution in [0, 0.1) is 17.2 Å². The van der Waals surface area contributed by atoms with Crippen LogP contribution in [0.25, 0.3) is 0 Å². The van der Waals surface area contributed by atoms with Crippen LogP contribution in [0.4, 0.5) is 0 Å². The number of halogens is 1. The molecule has 1 aromatic rings. The van der Waals surface area contributed by atoms with Crippen LogP contribution in [0.3, 0.4) is 0 Å². The molecular weight excluding hydrogens is 280 g/mol. The molecule has 1 fully saturated rings. The second kappa shape index (κ2) is 5.24. The lowest BCUT2D eigenvalue weighted by Crippen LogP contribution is -2.07. The van der Waals surface area contributed by atoms with Gasteiger partial charge in [0, 0.05) is 15.7 Å². The largest absolute Gasteiger partial charge is 0.276 e. The first-order chi connectivity index (χ1) is 8.20. The molecule has 0 radical (unpaired) electrons. The van der Waals surface area contributed by atoms with Gasteiger partial charge in [-0.3, -0.25) is 4.79 Å². The van der Waals surface area contributed by atoms with Crippen LogP contribution in [-0.4, -0.2) is 11.6 Å². The van der Waals surface area contributed by atoms with Crippen LogP contribution < -0.4 is 0 Å². The first-order valence-corrected chi connectivity index (χ1v) is 6.27. The lowest BCUT2D eigenvalue weighted by Gasteiger charge is -2.01. The molecule has 1 saturated carbocycles. The summed E-state index contributed by atoms with van der Waals surface area (Å²) >= 11 is 3.31. The fourth-order valence-electron chi connectivity index (χ4n) is 1.89. The predicted octanol–water partition coefficient (Wildman–Crippen LogP) is 3.35. The molecule has 3 nitrogen and oxygen atoms in total. The molecule has 1 atom stereocenters. The second-order valence-electron chi connectivity index (χ2n) is 3.99. The van der Waals surface area contributed by atoms with E-state index in [0.717, 1.165) is 29.4 Å². The van der Waals surface area contributed by atoms with Crippen LogP contribution in [0.5, 0.6) is 0 Å². The first kappa shape index (κ1) is 12.0. The highest BCUT2D eigenvalue weighted by molar-refractivity contribution is 9.10. The minimum absolute atomic E-state index is 0.172. The molecule has 4 heteroatoms. The number of amides is 1. The Morgan fingerprint density at radius 3 is 2.76 bits per heavy atom. The van der Waals surface area contributed by atoms with E-state index >= 15 is 0 Å². The van der Waals surface area contributed by atoms with Crippen molar-refractivity contribution in [2.45, 2.75) is 19.3 Å². The zero-order valence-corrected chi connectivity index (χ0v) is 10.8. The summed E-state index contributed by atoms with van der Waals surface area (Å²) in [4.78, 5) is 15.9. The lowest BCUT2D eigenvalue weighted by molar-refractivity contribution is 0.100. The van der Waals surface area contributed by atoms with Crippen molar-refractivity contribution in [1.82, 2.24) is 0 Å². The molecule has 0 saturated heterocycles. The molecule has 0 spiro atoms. The van der Waals surface area contributed by atoms with E-state index in [0.29, 0.717) is 5.56 Å². The molecule has 1 unspecified atom stereocenters. The Labute approximate surface area is 108 Å². The minimum Gasteiger partial charge on any atom is -0.267 e. The monoisotopic (exact) mass is 290 g/mol. The molecule has 86 valence electrons. The van der Waals surface area contributed by atoms with E-state index in [4.69, 9.17) is 5.26 Å². The van der Waals surface area contributed by atoms with Crippen LogP contribution in [0.1, 0.15) is 29.6 Å². The molecule has 1 aliphatic carbocycles. The van der Waals surface area contributed by atoms with Gasteiger partial charge >= 0.3 is 0 Å². The number of nitriles is 1. The van der Waals surface area contributed by atoms with Crippen molar-refractivity contribution in [3.05, 3.63) is 34.3 Å². The zero-order chi connectivity index (χ0) is 12.3. The maximum atomic E-state index is 11.9. The number of rotatable bonds is 1. The van der Waals surface area contributed by atoms with E-state index in [9.17, 15) is 4.79 Å². The van der Waals surface area contributed by atoms with Crippen LogP contribution >= 0.6 is 15.9 Å². The number of hydrogen-bond donors (Lipinski definition) is 0. The number of nitrogens with zero attached hydrogens (tertiary/aromatic N) is 2. The molecule has 2 rings (SSSR count). The van der Waals surface area contributed by atoms with Gasteiger partial charge < -0.3 is 0 Å². The second-order valence-corrected chi connectivity index (χ2v) is 4.90. The summed E-state index contributed by atoms with van der Waals surface area (Å²) in [6.07, 6.45) is 2.54. The molecule has 0 bridgehead atoms. The summed E-state index contributed by atoms with van der Waals surface area (Å²) in [5.74, 6) is -0.427. The van der Waals surface area contributed by atoms with Crippen molar-refractivity contribution in [1.29, 1.82) is 5.26 Å². The van der Waals surface area contributed by atoms with E-state index in [1.807, 2.05) is 12.1 Å². The first-order valence-electron chi connectivity index (χ1n) is 5.47. The van der Waals surface area contributed by atoms with Gasteiger partial charge in [-0.1, -0.05) is 15.9 Å². The third kappa shape index (κ3) is 2.80. The van der Waals surface area contributed by atoms with Gasteiger partial charge in [-0.05, 0) is 43.5 Å². The highest BCUT2D eigenvalue weighted by Gasteiger charge is 2.23. The third-order valence-electron chi connectivity index (χ3n) is 2.82. The standard InChI is InChI=1S/C13H11BrN2O/c14-11-6-4-9(5-7-11)13(17)16-12-3-1-2-10(12)8-15/h4-7,10H,1-3H2. The Bertz CT molecular complexity index is 499. The van der Waals surface area contributed by atoms with Gasteiger partial charge in [0.05, 0.1) is 12.0 Å². The van der Waals surface area contributed by atoms with Gasteiger partial charge in [0.25, 0.3) is 5.91 Å². The Hall–Kier alpha value is -1.47. The van der Waals surface area contributed by atoms with E-state index in [-0.39, 0.29) is 11.8 Å². The topological polar surface area (TPSA) is 53.2 Å². The summed E-state index contributed by atoms with van der Waals surface area (Å²) in [7, 11) is 0. The number of benzene rings is 1. The van der Waals surface area contributed by atoms with Gasteiger partial charge in [0.1, 0.15) is 0 Å². The number of aliphatic imine (C=N–C) groups is 1. The summed E-state index contributed by atoms with van der Waals surface area (Å²) < 4.78 is 0.928. The fraction of sp³-hybridized carbons (Fsp3) is 0.308. The SMILES string of the molecule is N#CC1CCCC1=NC(=O)c1ccc(Br)cc1. The molecule has 0 N–H and O–H groups in total. The third-order valence-corrected chi connectivity index (χ3v) is 3.35. The molecule has 0 aromatic heterocycles. The van der Waals surface area contributed by atoms with E-state index in [2.05, 4.69) is 27.0 Å². The maximum absolute atomic E-state index is 11.9. The lowest BCUT2D eigenvalue weighted by atomic mass is 10.1. The average Bonchev–Trinajstić information content (AvgIpc) is 2.77. The van der Waals surface area contributed by atoms with Crippen LogP contribution in [0.15, 0.2) is 33.7 Å². The van der Waals surface area contributed by atoms with Crippen LogP contribution in [0.2, 0.25) is 0 Å². The number of carbonyl (C=O) groups is 1. The van der Waals surface area contributed by atoms with Gasteiger partial charge in [0.2, 0.25) is 0 Å². The van der Waals surface area contributed by atoms with E-state index in [1.165, 1.54) is 0 Å². The quantitative estimate of drug-likeness (QED) is 0.796. The molecule has 1 amide bonds. The fourth-order valence-corrected chi connectivity index (χ4v) is 2.15. The Morgan fingerprint density at radius 1 is 1.41 bits per heavy atom. The molecule has 1 aromatic carbocycles. The maximum Gasteiger partial charge on any atom is 0.276 e. The van der Waals surface area contributed by atoms with Gasteiger partial charge in [-0.2, -0.15) is 5.26 Å².